The zero-order valence-corrected chi connectivity index (χ0v) is 15.3. The number of nitrogens with zero attached hydrogens (tertiary/aromatic N) is 1. The van der Waals surface area contributed by atoms with Gasteiger partial charge in [0.15, 0.2) is 5.96 Å². The number of carbonyl (C=O) groups is 1. The van der Waals surface area contributed by atoms with Gasteiger partial charge in [0, 0.05) is 30.6 Å². The third-order valence-electron chi connectivity index (χ3n) is 4.00. The van der Waals surface area contributed by atoms with E-state index in [1.54, 1.807) is 7.05 Å². The molecule has 3 N–H and O–H groups in total. The molecule has 0 aliphatic carbocycles. The average molecular weight is 350 g/mol. The lowest BCUT2D eigenvalue weighted by Crippen LogP contribution is -2.43. The number of nitrogens with one attached hydrogen (secondary N) is 3. The number of hydrogen-bond donors (Lipinski definition) is 3. The highest BCUT2D eigenvalue weighted by Gasteiger charge is 2.29. The molecule has 2 rings (SSSR count). The first kappa shape index (κ1) is 18.4. The summed E-state index contributed by atoms with van der Waals surface area (Å²) >= 11 is 2.03. The van der Waals surface area contributed by atoms with E-state index in [0.717, 1.165) is 18.1 Å². The lowest BCUT2D eigenvalue weighted by Gasteiger charge is -2.24. The van der Waals surface area contributed by atoms with Crippen LogP contribution in [0.25, 0.3) is 0 Å². The summed E-state index contributed by atoms with van der Waals surface area (Å²) in [5.41, 5.74) is 1.81. The van der Waals surface area contributed by atoms with Gasteiger partial charge in [0.2, 0.25) is 0 Å². The van der Waals surface area contributed by atoms with E-state index in [0.29, 0.717) is 17.0 Å². The quantitative estimate of drug-likeness (QED) is 0.562. The number of guanidine groups is 1. The van der Waals surface area contributed by atoms with Gasteiger partial charge in [-0.3, -0.25) is 10.3 Å². The molecule has 1 fully saturated rings. The Kier molecular flexibility index (Phi) is 6.78. The maximum absolute atomic E-state index is 11.2. The van der Waals surface area contributed by atoms with Crippen LogP contribution in [0.4, 0.5) is 10.5 Å². The number of amides is 1. The van der Waals surface area contributed by atoms with Crippen molar-refractivity contribution in [2.24, 2.45) is 4.99 Å². The van der Waals surface area contributed by atoms with Crippen LogP contribution in [-0.2, 0) is 11.3 Å². The largest absolute Gasteiger partial charge is 0.453 e. The Bertz CT molecular complexity index is 568. The molecule has 1 aromatic carbocycles. The van der Waals surface area contributed by atoms with Crippen LogP contribution in [0.2, 0.25) is 0 Å². The molecular formula is C17H26N4O2S. The summed E-state index contributed by atoms with van der Waals surface area (Å²) in [4.78, 5) is 15.4. The van der Waals surface area contributed by atoms with Gasteiger partial charge in [-0.25, -0.2) is 4.79 Å². The Morgan fingerprint density at radius 2 is 2.08 bits per heavy atom. The zero-order chi connectivity index (χ0) is 17.4. The van der Waals surface area contributed by atoms with Gasteiger partial charge in [-0.05, 0) is 43.2 Å². The smallest absolute Gasteiger partial charge is 0.411 e. The SMILES string of the molecule is CN=C(NCc1ccc(NC(=O)OC)cc1)NCC1(C)CCCS1. The van der Waals surface area contributed by atoms with Crippen LogP contribution in [0, 0.1) is 0 Å². The van der Waals surface area contributed by atoms with E-state index in [-0.39, 0.29) is 0 Å². The molecular weight excluding hydrogens is 324 g/mol. The number of anilines is 1. The molecule has 6 nitrogen and oxygen atoms in total. The molecule has 0 aromatic heterocycles. The number of benzene rings is 1. The molecule has 0 radical (unpaired) electrons. The van der Waals surface area contributed by atoms with Gasteiger partial charge in [-0.2, -0.15) is 11.8 Å². The summed E-state index contributed by atoms with van der Waals surface area (Å²) in [5, 5.41) is 9.36. The predicted octanol–water partition coefficient (Wildman–Crippen LogP) is 2.82. The topological polar surface area (TPSA) is 74.8 Å². The summed E-state index contributed by atoms with van der Waals surface area (Å²) in [6.45, 7) is 3.89. The summed E-state index contributed by atoms with van der Waals surface area (Å²) in [7, 11) is 3.12. The molecule has 1 heterocycles. The standard InChI is InChI=1S/C17H26N4O2S/c1-17(9-4-10-24-17)12-20-15(18-2)19-11-13-5-7-14(8-6-13)21-16(22)23-3/h5-8H,4,9-12H2,1-3H3,(H,21,22)(H2,18,19,20). The Balaban J connectivity index is 1.79. The number of methoxy groups -OCH3 is 1. The van der Waals surface area contributed by atoms with E-state index in [9.17, 15) is 4.79 Å². The van der Waals surface area contributed by atoms with Crippen molar-refractivity contribution in [1.29, 1.82) is 0 Å². The fourth-order valence-electron chi connectivity index (χ4n) is 2.53. The number of carbonyl (C=O) groups excluding carboxylic acids is 1. The molecule has 1 aliphatic heterocycles. The highest BCUT2D eigenvalue weighted by Crippen LogP contribution is 2.36. The van der Waals surface area contributed by atoms with E-state index in [4.69, 9.17) is 0 Å². The van der Waals surface area contributed by atoms with Crippen molar-refractivity contribution < 1.29 is 9.53 Å². The van der Waals surface area contributed by atoms with Gasteiger partial charge in [-0.15, -0.1) is 0 Å². The van der Waals surface area contributed by atoms with Crippen molar-refractivity contribution in [2.75, 3.05) is 31.8 Å². The summed E-state index contributed by atoms with van der Waals surface area (Å²) < 4.78 is 4.87. The van der Waals surface area contributed by atoms with E-state index in [1.165, 1.54) is 25.7 Å². The van der Waals surface area contributed by atoms with Gasteiger partial charge in [0.25, 0.3) is 0 Å². The van der Waals surface area contributed by atoms with Crippen LogP contribution in [0.3, 0.4) is 0 Å². The lowest BCUT2D eigenvalue weighted by molar-refractivity contribution is 0.187. The summed E-state index contributed by atoms with van der Waals surface area (Å²) in [5.74, 6) is 2.05. The van der Waals surface area contributed by atoms with E-state index < -0.39 is 6.09 Å². The molecule has 0 saturated carbocycles. The lowest BCUT2D eigenvalue weighted by atomic mass is 10.1. The van der Waals surface area contributed by atoms with Crippen molar-refractivity contribution in [3.63, 3.8) is 0 Å². The van der Waals surface area contributed by atoms with E-state index in [1.807, 2.05) is 36.0 Å². The fraction of sp³-hybridized carbons (Fsp3) is 0.529. The molecule has 24 heavy (non-hydrogen) atoms. The number of ether oxygens (including phenoxy) is 1. The van der Waals surface area contributed by atoms with Gasteiger partial charge >= 0.3 is 6.09 Å². The molecule has 1 aromatic rings. The number of thioether (sulfide) groups is 1. The van der Waals surface area contributed by atoms with Crippen LogP contribution in [0.1, 0.15) is 25.3 Å². The second-order valence-corrected chi connectivity index (χ2v) is 7.68. The molecule has 0 spiro atoms. The van der Waals surface area contributed by atoms with E-state index >= 15 is 0 Å². The molecule has 1 saturated heterocycles. The molecule has 1 unspecified atom stereocenters. The fourth-order valence-corrected chi connectivity index (χ4v) is 3.77. The van der Waals surface area contributed by atoms with Gasteiger partial charge in [0.1, 0.15) is 0 Å². The zero-order valence-electron chi connectivity index (χ0n) is 14.5. The Hall–Kier alpha value is -1.89. The first-order chi connectivity index (χ1) is 11.5. The third kappa shape index (κ3) is 5.63. The van der Waals surface area contributed by atoms with Crippen LogP contribution in [0.5, 0.6) is 0 Å². The molecule has 1 atom stereocenters. The maximum Gasteiger partial charge on any atom is 0.411 e. The molecule has 132 valence electrons. The first-order valence-electron chi connectivity index (χ1n) is 8.07. The summed E-state index contributed by atoms with van der Waals surface area (Å²) in [6.07, 6.45) is 2.07. The minimum absolute atomic E-state index is 0.304. The third-order valence-corrected chi connectivity index (χ3v) is 5.54. The highest BCUT2D eigenvalue weighted by atomic mass is 32.2. The second-order valence-electron chi connectivity index (χ2n) is 5.99. The van der Waals surface area contributed by atoms with Crippen LogP contribution >= 0.6 is 11.8 Å². The van der Waals surface area contributed by atoms with E-state index in [2.05, 4.69) is 32.6 Å². The minimum atomic E-state index is -0.469. The highest BCUT2D eigenvalue weighted by molar-refractivity contribution is 8.00. The Morgan fingerprint density at radius 3 is 2.67 bits per heavy atom. The normalized spacial score (nSPS) is 20.5. The van der Waals surface area contributed by atoms with Crippen molar-refractivity contribution >= 4 is 29.5 Å². The Labute approximate surface area is 147 Å². The molecule has 0 bridgehead atoms. The number of aliphatic imine (C=N–C) groups is 1. The van der Waals surface area contributed by atoms with Crippen molar-refractivity contribution in [3.05, 3.63) is 29.8 Å². The maximum atomic E-state index is 11.2. The predicted molar refractivity (Wildman–Crippen MR) is 101 cm³/mol. The van der Waals surface area contributed by atoms with Crippen LogP contribution in [-0.4, -0.2) is 43.3 Å². The second kappa shape index (κ2) is 8.82. The average Bonchev–Trinajstić information content (AvgIpc) is 3.03. The molecule has 1 aliphatic rings. The van der Waals surface area contributed by atoms with Gasteiger partial charge < -0.3 is 15.4 Å². The van der Waals surface area contributed by atoms with Crippen LogP contribution < -0.4 is 16.0 Å². The summed E-state index contributed by atoms with van der Waals surface area (Å²) in [6, 6.07) is 7.61. The first-order valence-corrected chi connectivity index (χ1v) is 9.05. The van der Waals surface area contributed by atoms with Crippen LogP contribution in [0.15, 0.2) is 29.3 Å². The monoisotopic (exact) mass is 350 g/mol. The van der Waals surface area contributed by atoms with Gasteiger partial charge in [-0.1, -0.05) is 12.1 Å². The van der Waals surface area contributed by atoms with Crippen molar-refractivity contribution in [3.8, 4) is 0 Å². The van der Waals surface area contributed by atoms with Crippen molar-refractivity contribution in [1.82, 2.24) is 10.6 Å². The minimum Gasteiger partial charge on any atom is -0.453 e. The molecule has 7 heteroatoms. The van der Waals surface area contributed by atoms with Gasteiger partial charge in [0.05, 0.1) is 7.11 Å². The van der Waals surface area contributed by atoms with Crippen molar-refractivity contribution in [2.45, 2.75) is 31.1 Å². The molecule has 1 amide bonds. The number of rotatable bonds is 5. The Morgan fingerprint density at radius 1 is 1.33 bits per heavy atom. The number of hydrogen-bond acceptors (Lipinski definition) is 4.